The molecule has 8 heavy (non-hydrogen) atoms. The number of carbonyl (C=O) groups excluding carboxylic acids is 1. The summed E-state index contributed by atoms with van der Waals surface area (Å²) in [5, 5.41) is 7.99. The van der Waals surface area contributed by atoms with Crippen molar-refractivity contribution in [2.75, 3.05) is 0 Å². The molecule has 0 aliphatic carbocycles. The first-order chi connectivity index (χ1) is 3.72. The van der Waals surface area contributed by atoms with Crippen molar-refractivity contribution in [3.63, 3.8) is 0 Å². The van der Waals surface area contributed by atoms with Gasteiger partial charge >= 0.3 is 0 Å². The van der Waals surface area contributed by atoms with E-state index in [1.54, 1.807) is 6.92 Å². The summed E-state index contributed by atoms with van der Waals surface area (Å²) in [7, 11) is 0. The highest BCUT2D eigenvalue weighted by molar-refractivity contribution is 5.78. The van der Waals surface area contributed by atoms with Gasteiger partial charge in [0, 0.05) is 0 Å². The zero-order valence-corrected chi connectivity index (χ0v) is 4.72. The van der Waals surface area contributed by atoms with Crippen molar-refractivity contribution in [2.45, 2.75) is 6.92 Å². The lowest BCUT2D eigenvalue weighted by Gasteiger charge is -1.99. The maximum Gasteiger partial charge on any atom is 0.249 e. The van der Waals surface area contributed by atoms with Crippen LogP contribution in [0.4, 0.5) is 0 Å². The Morgan fingerprint density at radius 3 is 2.62 bits per heavy atom. The molecule has 0 aromatic rings. The number of rotatable bonds is 2. The molecule has 1 atom stereocenters. The van der Waals surface area contributed by atoms with Crippen LogP contribution in [0, 0.1) is 5.92 Å². The first kappa shape index (κ1) is 7.17. The molecule has 0 radical (unpaired) electrons. The molecule has 46 valence electrons. The highest BCUT2D eigenvalue weighted by atomic mass is 16.5. The molecule has 1 unspecified atom stereocenters. The van der Waals surface area contributed by atoms with Gasteiger partial charge in [-0.25, -0.2) is 5.48 Å². The van der Waals surface area contributed by atoms with Gasteiger partial charge in [-0.15, -0.1) is 6.58 Å². The molecular weight excluding hydrogens is 106 g/mol. The van der Waals surface area contributed by atoms with E-state index in [1.165, 1.54) is 11.6 Å². The number of hydroxylamine groups is 1. The minimum Gasteiger partial charge on any atom is -0.289 e. The summed E-state index contributed by atoms with van der Waals surface area (Å²) in [6.45, 7) is 5.00. The molecule has 0 bridgehead atoms. The first-order valence-electron chi connectivity index (χ1n) is 2.29. The average molecular weight is 115 g/mol. The van der Waals surface area contributed by atoms with Gasteiger partial charge < -0.3 is 0 Å². The SMILES string of the molecule is C=CC(C)C(=O)NO. The third-order valence-corrected chi connectivity index (χ3v) is 0.877. The Labute approximate surface area is 48.0 Å². The monoisotopic (exact) mass is 115 g/mol. The molecule has 2 N–H and O–H groups in total. The zero-order valence-electron chi connectivity index (χ0n) is 4.72. The van der Waals surface area contributed by atoms with E-state index in [2.05, 4.69) is 6.58 Å². The maximum absolute atomic E-state index is 10.3. The van der Waals surface area contributed by atoms with E-state index in [9.17, 15) is 4.79 Å². The summed E-state index contributed by atoms with van der Waals surface area (Å²) in [5.74, 6) is -0.750. The third-order valence-electron chi connectivity index (χ3n) is 0.877. The fourth-order valence-electron chi connectivity index (χ4n) is 0.209. The molecule has 0 spiro atoms. The quantitative estimate of drug-likeness (QED) is 0.309. The summed E-state index contributed by atoms with van der Waals surface area (Å²) in [4.78, 5) is 10.3. The van der Waals surface area contributed by atoms with Crippen molar-refractivity contribution < 1.29 is 10.0 Å². The van der Waals surface area contributed by atoms with Gasteiger partial charge in [0.1, 0.15) is 0 Å². The van der Waals surface area contributed by atoms with Crippen LogP contribution in [0.2, 0.25) is 0 Å². The van der Waals surface area contributed by atoms with E-state index in [-0.39, 0.29) is 5.92 Å². The van der Waals surface area contributed by atoms with E-state index in [1.807, 2.05) is 0 Å². The average Bonchev–Trinajstić information content (AvgIpc) is 1.84. The summed E-state index contributed by atoms with van der Waals surface area (Å²) >= 11 is 0. The number of amides is 1. The van der Waals surface area contributed by atoms with Crippen molar-refractivity contribution in [2.24, 2.45) is 5.92 Å². The summed E-state index contributed by atoms with van der Waals surface area (Å²) in [6.07, 6.45) is 1.45. The van der Waals surface area contributed by atoms with Crippen LogP contribution >= 0.6 is 0 Å². The minimum atomic E-state index is -0.431. The molecule has 0 aliphatic rings. The summed E-state index contributed by atoms with van der Waals surface area (Å²) in [6, 6.07) is 0. The van der Waals surface area contributed by atoms with Gasteiger partial charge in [0.05, 0.1) is 5.92 Å². The predicted molar refractivity (Wildman–Crippen MR) is 29.3 cm³/mol. The minimum absolute atomic E-state index is 0.319. The number of carbonyl (C=O) groups is 1. The van der Waals surface area contributed by atoms with Gasteiger partial charge in [0.15, 0.2) is 0 Å². The van der Waals surface area contributed by atoms with E-state index in [0.29, 0.717) is 0 Å². The normalized spacial score (nSPS) is 12.2. The Bertz CT molecular complexity index is 101. The van der Waals surface area contributed by atoms with Crippen LogP contribution in [0.3, 0.4) is 0 Å². The Kier molecular flexibility index (Phi) is 2.88. The largest absolute Gasteiger partial charge is 0.289 e. The van der Waals surface area contributed by atoms with Crippen LogP contribution in [0.25, 0.3) is 0 Å². The molecule has 1 amide bonds. The predicted octanol–water partition coefficient (Wildman–Crippen LogP) is 0.314. The highest BCUT2D eigenvalue weighted by Crippen LogP contribution is 1.92. The number of hydrogen-bond donors (Lipinski definition) is 2. The topological polar surface area (TPSA) is 49.3 Å². The lowest BCUT2D eigenvalue weighted by atomic mass is 10.2. The van der Waals surface area contributed by atoms with Crippen molar-refractivity contribution in [1.29, 1.82) is 0 Å². The highest BCUT2D eigenvalue weighted by Gasteiger charge is 2.04. The third kappa shape index (κ3) is 1.75. The molecule has 3 heteroatoms. The van der Waals surface area contributed by atoms with Gasteiger partial charge in [0.2, 0.25) is 5.91 Å². The summed E-state index contributed by atoms with van der Waals surface area (Å²) in [5.41, 5.74) is 1.51. The molecular formula is C5H9NO2. The molecule has 0 heterocycles. The first-order valence-corrected chi connectivity index (χ1v) is 2.29. The van der Waals surface area contributed by atoms with Crippen LogP contribution in [0.1, 0.15) is 6.92 Å². The molecule has 0 saturated carbocycles. The van der Waals surface area contributed by atoms with Gasteiger partial charge in [-0.1, -0.05) is 13.0 Å². The van der Waals surface area contributed by atoms with Crippen LogP contribution in [0.15, 0.2) is 12.7 Å². The smallest absolute Gasteiger partial charge is 0.249 e. The molecule has 0 rings (SSSR count). The van der Waals surface area contributed by atoms with E-state index in [4.69, 9.17) is 5.21 Å². The van der Waals surface area contributed by atoms with E-state index in [0.717, 1.165) is 0 Å². The Morgan fingerprint density at radius 1 is 2.00 bits per heavy atom. The van der Waals surface area contributed by atoms with Crippen LogP contribution in [-0.4, -0.2) is 11.1 Å². The van der Waals surface area contributed by atoms with Gasteiger partial charge in [-0.2, -0.15) is 0 Å². The van der Waals surface area contributed by atoms with Crippen LogP contribution in [0.5, 0.6) is 0 Å². The fourth-order valence-corrected chi connectivity index (χ4v) is 0.209. The Hall–Kier alpha value is -0.830. The van der Waals surface area contributed by atoms with Crippen molar-refractivity contribution in [1.82, 2.24) is 5.48 Å². The molecule has 0 saturated heterocycles. The summed E-state index contributed by atoms with van der Waals surface area (Å²) < 4.78 is 0. The maximum atomic E-state index is 10.3. The number of hydrogen-bond acceptors (Lipinski definition) is 2. The standard InChI is InChI=1S/C5H9NO2/c1-3-4(2)5(7)6-8/h3-4,8H,1H2,2H3,(H,6,7). The number of nitrogens with one attached hydrogen (secondary N) is 1. The van der Waals surface area contributed by atoms with Crippen molar-refractivity contribution in [3.8, 4) is 0 Å². The fraction of sp³-hybridized carbons (Fsp3) is 0.400. The molecule has 0 aromatic carbocycles. The Morgan fingerprint density at radius 2 is 2.50 bits per heavy atom. The van der Waals surface area contributed by atoms with Gasteiger partial charge in [-0.3, -0.25) is 10.0 Å². The lowest BCUT2D eigenvalue weighted by Crippen LogP contribution is -2.24. The van der Waals surface area contributed by atoms with E-state index >= 15 is 0 Å². The van der Waals surface area contributed by atoms with Crippen LogP contribution < -0.4 is 5.48 Å². The zero-order chi connectivity index (χ0) is 6.57. The molecule has 0 aliphatic heterocycles. The molecule has 0 aromatic heterocycles. The van der Waals surface area contributed by atoms with Gasteiger partial charge in [-0.05, 0) is 0 Å². The van der Waals surface area contributed by atoms with Crippen molar-refractivity contribution >= 4 is 5.91 Å². The van der Waals surface area contributed by atoms with Gasteiger partial charge in [0.25, 0.3) is 0 Å². The van der Waals surface area contributed by atoms with Crippen LogP contribution in [-0.2, 0) is 4.79 Å². The molecule has 3 nitrogen and oxygen atoms in total. The Balaban J connectivity index is 3.62. The lowest BCUT2D eigenvalue weighted by molar-refractivity contribution is -0.131. The second kappa shape index (κ2) is 3.21. The second-order valence-corrected chi connectivity index (χ2v) is 1.50. The van der Waals surface area contributed by atoms with E-state index < -0.39 is 5.91 Å². The van der Waals surface area contributed by atoms with Crippen molar-refractivity contribution in [3.05, 3.63) is 12.7 Å². The second-order valence-electron chi connectivity index (χ2n) is 1.50. The molecule has 0 fully saturated rings.